The van der Waals surface area contributed by atoms with Gasteiger partial charge in [0.1, 0.15) is 0 Å². The molecule has 1 N–H and O–H groups in total. The van der Waals surface area contributed by atoms with Gasteiger partial charge in [0.05, 0.1) is 6.61 Å². The van der Waals surface area contributed by atoms with E-state index < -0.39 is 18.0 Å². The average molecular weight is 309 g/mol. The number of halogens is 3. The van der Waals surface area contributed by atoms with E-state index >= 15 is 0 Å². The molecule has 0 amide bonds. The SMILES string of the molecule is CCOC(=O)C(F)(F)[C@@H](O)c1ccc(Br)cc1. The number of carbonyl (C=O) groups excluding carboxylic acids is 1. The van der Waals surface area contributed by atoms with Gasteiger partial charge in [-0.15, -0.1) is 0 Å². The number of carbonyl (C=O) groups is 1. The molecule has 0 heterocycles. The van der Waals surface area contributed by atoms with Gasteiger partial charge in [-0.3, -0.25) is 0 Å². The van der Waals surface area contributed by atoms with Crippen LogP contribution in [-0.2, 0) is 9.53 Å². The molecular formula is C11H11BrF2O3. The van der Waals surface area contributed by atoms with Crippen molar-refractivity contribution in [2.45, 2.75) is 19.0 Å². The van der Waals surface area contributed by atoms with E-state index in [9.17, 15) is 18.7 Å². The van der Waals surface area contributed by atoms with Gasteiger partial charge in [0, 0.05) is 4.47 Å². The Hall–Kier alpha value is -1.01. The van der Waals surface area contributed by atoms with Crippen molar-refractivity contribution in [2.24, 2.45) is 0 Å². The van der Waals surface area contributed by atoms with E-state index in [1.165, 1.54) is 31.2 Å². The molecule has 0 aromatic heterocycles. The molecule has 0 aliphatic carbocycles. The fourth-order valence-electron chi connectivity index (χ4n) is 1.19. The minimum atomic E-state index is -3.95. The third kappa shape index (κ3) is 3.23. The molecule has 94 valence electrons. The summed E-state index contributed by atoms with van der Waals surface area (Å²) in [6.07, 6.45) is -2.21. The number of ether oxygens (including phenoxy) is 1. The average Bonchev–Trinajstić information content (AvgIpc) is 2.29. The van der Waals surface area contributed by atoms with E-state index in [1.54, 1.807) is 0 Å². The van der Waals surface area contributed by atoms with Crippen LogP contribution in [0.2, 0.25) is 0 Å². The monoisotopic (exact) mass is 308 g/mol. The first-order valence-electron chi connectivity index (χ1n) is 4.88. The van der Waals surface area contributed by atoms with Crippen molar-refractivity contribution in [1.29, 1.82) is 0 Å². The summed E-state index contributed by atoms with van der Waals surface area (Å²) < 4.78 is 31.8. The van der Waals surface area contributed by atoms with Gasteiger partial charge in [-0.2, -0.15) is 8.78 Å². The fourth-order valence-corrected chi connectivity index (χ4v) is 1.46. The smallest absolute Gasteiger partial charge is 0.380 e. The summed E-state index contributed by atoms with van der Waals surface area (Å²) in [6.45, 7) is 1.25. The van der Waals surface area contributed by atoms with Gasteiger partial charge in [0.25, 0.3) is 0 Å². The molecule has 17 heavy (non-hydrogen) atoms. The van der Waals surface area contributed by atoms with E-state index in [0.717, 1.165) is 0 Å². The number of rotatable bonds is 4. The molecule has 0 spiro atoms. The van der Waals surface area contributed by atoms with Gasteiger partial charge in [-0.25, -0.2) is 4.79 Å². The number of benzene rings is 1. The second-order valence-electron chi connectivity index (χ2n) is 3.30. The van der Waals surface area contributed by atoms with E-state index in [4.69, 9.17) is 0 Å². The number of alkyl halides is 2. The Morgan fingerprint density at radius 2 is 2.00 bits per heavy atom. The Morgan fingerprint density at radius 3 is 2.47 bits per heavy atom. The lowest BCUT2D eigenvalue weighted by atomic mass is 10.0. The summed E-state index contributed by atoms with van der Waals surface area (Å²) in [5, 5.41) is 9.47. The molecule has 6 heteroatoms. The van der Waals surface area contributed by atoms with Gasteiger partial charge >= 0.3 is 11.9 Å². The topological polar surface area (TPSA) is 46.5 Å². The molecular weight excluding hydrogens is 298 g/mol. The van der Waals surface area contributed by atoms with Crippen LogP contribution >= 0.6 is 15.9 Å². The van der Waals surface area contributed by atoms with Gasteiger partial charge in [-0.1, -0.05) is 28.1 Å². The zero-order chi connectivity index (χ0) is 13.1. The fraction of sp³-hybridized carbons (Fsp3) is 0.364. The number of esters is 1. The maximum absolute atomic E-state index is 13.4. The Bertz CT molecular complexity index is 392. The van der Waals surface area contributed by atoms with Crippen molar-refractivity contribution in [1.82, 2.24) is 0 Å². The van der Waals surface area contributed by atoms with Crippen LogP contribution in [0.4, 0.5) is 8.78 Å². The summed E-state index contributed by atoms with van der Waals surface area (Å²) in [5.41, 5.74) is -0.0498. The first-order valence-corrected chi connectivity index (χ1v) is 5.67. The molecule has 0 saturated heterocycles. The molecule has 1 aromatic carbocycles. The van der Waals surface area contributed by atoms with Crippen molar-refractivity contribution < 1.29 is 23.4 Å². The third-order valence-electron chi connectivity index (χ3n) is 2.08. The quantitative estimate of drug-likeness (QED) is 0.870. The maximum atomic E-state index is 13.4. The zero-order valence-electron chi connectivity index (χ0n) is 8.99. The highest BCUT2D eigenvalue weighted by atomic mass is 79.9. The van der Waals surface area contributed by atoms with E-state index in [2.05, 4.69) is 20.7 Å². The van der Waals surface area contributed by atoms with Crippen LogP contribution in [0, 0.1) is 0 Å². The largest absolute Gasteiger partial charge is 0.461 e. The van der Waals surface area contributed by atoms with Crippen LogP contribution in [0.1, 0.15) is 18.6 Å². The second kappa shape index (κ2) is 5.55. The minimum absolute atomic E-state index is 0.0498. The third-order valence-corrected chi connectivity index (χ3v) is 2.61. The number of hydrogen-bond acceptors (Lipinski definition) is 3. The van der Waals surface area contributed by atoms with Gasteiger partial charge in [0.2, 0.25) is 0 Å². The lowest BCUT2D eigenvalue weighted by molar-refractivity contribution is -0.189. The van der Waals surface area contributed by atoms with Gasteiger partial charge in [0.15, 0.2) is 6.10 Å². The van der Waals surface area contributed by atoms with Crippen LogP contribution < -0.4 is 0 Å². The van der Waals surface area contributed by atoms with Crippen LogP contribution in [0.3, 0.4) is 0 Å². The Morgan fingerprint density at radius 1 is 1.47 bits per heavy atom. The number of hydrogen-bond donors (Lipinski definition) is 1. The highest BCUT2D eigenvalue weighted by Crippen LogP contribution is 2.32. The Balaban J connectivity index is 2.91. The molecule has 1 rings (SSSR count). The molecule has 3 nitrogen and oxygen atoms in total. The standard InChI is InChI=1S/C11H11BrF2O3/c1-2-17-10(16)11(13,14)9(15)7-3-5-8(12)6-4-7/h3-6,9,15H,2H2,1H3/t9-/m0/s1. The molecule has 0 fully saturated rings. The van der Waals surface area contributed by atoms with Crippen LogP contribution in [-0.4, -0.2) is 23.6 Å². The first-order chi connectivity index (χ1) is 7.89. The van der Waals surface area contributed by atoms with Crippen LogP contribution in [0.5, 0.6) is 0 Å². The van der Waals surface area contributed by atoms with Crippen molar-refractivity contribution >= 4 is 21.9 Å². The van der Waals surface area contributed by atoms with E-state index in [-0.39, 0.29) is 12.2 Å². The van der Waals surface area contributed by atoms with Gasteiger partial charge in [-0.05, 0) is 24.6 Å². The predicted molar refractivity (Wildman–Crippen MR) is 60.7 cm³/mol. The van der Waals surface area contributed by atoms with Crippen molar-refractivity contribution in [3.8, 4) is 0 Å². The highest BCUT2D eigenvalue weighted by Gasteiger charge is 2.48. The van der Waals surface area contributed by atoms with Crippen molar-refractivity contribution in [3.63, 3.8) is 0 Å². The van der Waals surface area contributed by atoms with Crippen LogP contribution in [0.25, 0.3) is 0 Å². The zero-order valence-corrected chi connectivity index (χ0v) is 10.6. The lowest BCUT2D eigenvalue weighted by Crippen LogP contribution is -2.37. The van der Waals surface area contributed by atoms with Crippen molar-refractivity contribution in [3.05, 3.63) is 34.3 Å². The van der Waals surface area contributed by atoms with Gasteiger partial charge < -0.3 is 9.84 Å². The summed E-state index contributed by atoms with van der Waals surface area (Å²) in [5.74, 6) is -5.68. The molecule has 0 radical (unpaired) electrons. The Kier molecular flexibility index (Phi) is 4.59. The highest BCUT2D eigenvalue weighted by molar-refractivity contribution is 9.10. The van der Waals surface area contributed by atoms with E-state index in [1.807, 2.05) is 0 Å². The molecule has 0 aliphatic heterocycles. The summed E-state index contributed by atoms with van der Waals surface area (Å²) >= 11 is 3.14. The molecule has 1 atom stereocenters. The van der Waals surface area contributed by atoms with Crippen LogP contribution in [0.15, 0.2) is 28.7 Å². The number of aliphatic hydroxyl groups excluding tert-OH is 1. The normalized spacial score (nSPS) is 13.2. The molecule has 0 bridgehead atoms. The van der Waals surface area contributed by atoms with Crippen molar-refractivity contribution in [2.75, 3.05) is 6.61 Å². The second-order valence-corrected chi connectivity index (χ2v) is 4.21. The molecule has 0 unspecified atom stereocenters. The molecule has 1 aromatic rings. The predicted octanol–water partition coefficient (Wildman–Crippen LogP) is 2.68. The summed E-state index contributed by atoms with van der Waals surface area (Å²) in [6, 6.07) is 5.61. The van der Waals surface area contributed by atoms with E-state index in [0.29, 0.717) is 4.47 Å². The first kappa shape index (κ1) is 14.1. The summed E-state index contributed by atoms with van der Waals surface area (Å²) in [7, 11) is 0. The maximum Gasteiger partial charge on any atom is 0.380 e. The minimum Gasteiger partial charge on any atom is -0.461 e. The lowest BCUT2D eigenvalue weighted by Gasteiger charge is -2.20. The Labute approximate surface area is 106 Å². The molecule has 0 aliphatic rings. The summed E-state index contributed by atoms with van der Waals surface area (Å²) in [4.78, 5) is 11.0. The molecule has 0 saturated carbocycles. The number of aliphatic hydroxyl groups is 1.